The second-order valence-electron chi connectivity index (χ2n) is 4.56. The number of nitrogens with one attached hydrogen (secondary N) is 1. The predicted octanol–water partition coefficient (Wildman–Crippen LogP) is 4.93. The highest BCUT2D eigenvalue weighted by Gasteiger charge is 2.12. The monoisotopic (exact) mass is 313 g/mol. The van der Waals surface area contributed by atoms with E-state index in [2.05, 4.69) is 57.3 Å². The van der Waals surface area contributed by atoms with E-state index >= 15 is 0 Å². The predicted molar refractivity (Wildman–Crippen MR) is 82.0 cm³/mol. The molecule has 0 bridgehead atoms. The molecule has 1 aliphatic rings. The van der Waals surface area contributed by atoms with Crippen molar-refractivity contribution in [1.82, 2.24) is 0 Å². The zero-order valence-electron chi connectivity index (χ0n) is 10.1. The summed E-state index contributed by atoms with van der Waals surface area (Å²) in [5, 5.41) is 4.40. The molecule has 0 aromatic heterocycles. The van der Waals surface area contributed by atoms with Crippen molar-refractivity contribution in [3.05, 3.63) is 28.7 Å². The number of hydrogen-bond donors (Lipinski definition) is 1. The standard InChI is InChI=1S/C14H20BrNS/c15-12-6-8-13(9-7-12)16-10-11-17-14-4-2-1-3-5-14/h6-9,14,16H,1-5,10-11H2. The molecule has 1 aromatic carbocycles. The van der Waals surface area contributed by atoms with Gasteiger partial charge in [0.25, 0.3) is 0 Å². The van der Waals surface area contributed by atoms with Gasteiger partial charge in [-0.2, -0.15) is 11.8 Å². The molecular formula is C14H20BrNS. The molecule has 0 unspecified atom stereocenters. The normalized spacial score (nSPS) is 17.0. The van der Waals surface area contributed by atoms with E-state index in [1.54, 1.807) is 0 Å². The molecule has 0 saturated heterocycles. The number of rotatable bonds is 5. The SMILES string of the molecule is Brc1ccc(NCCSC2CCCCC2)cc1. The van der Waals surface area contributed by atoms with Gasteiger partial charge in [0.2, 0.25) is 0 Å². The second kappa shape index (κ2) is 7.32. The molecule has 1 aliphatic carbocycles. The molecule has 1 N–H and O–H groups in total. The van der Waals surface area contributed by atoms with Gasteiger partial charge in [-0.3, -0.25) is 0 Å². The van der Waals surface area contributed by atoms with E-state index in [0.717, 1.165) is 16.3 Å². The van der Waals surface area contributed by atoms with Gasteiger partial charge in [-0.15, -0.1) is 0 Å². The van der Waals surface area contributed by atoms with Crippen molar-refractivity contribution < 1.29 is 0 Å². The maximum absolute atomic E-state index is 3.47. The topological polar surface area (TPSA) is 12.0 Å². The lowest BCUT2D eigenvalue weighted by Gasteiger charge is -2.21. The fourth-order valence-electron chi connectivity index (χ4n) is 2.22. The molecule has 0 aliphatic heterocycles. The quantitative estimate of drug-likeness (QED) is 0.774. The Balaban J connectivity index is 1.60. The highest BCUT2D eigenvalue weighted by molar-refractivity contribution is 9.10. The van der Waals surface area contributed by atoms with Gasteiger partial charge in [-0.05, 0) is 37.1 Å². The molecule has 1 nitrogen and oxygen atoms in total. The number of halogens is 1. The minimum absolute atomic E-state index is 0.926. The van der Waals surface area contributed by atoms with Crippen LogP contribution in [0.15, 0.2) is 28.7 Å². The summed E-state index contributed by atoms with van der Waals surface area (Å²) in [7, 11) is 0. The third-order valence-corrected chi connectivity index (χ3v) is 5.09. The van der Waals surface area contributed by atoms with Gasteiger partial charge in [-0.25, -0.2) is 0 Å². The summed E-state index contributed by atoms with van der Waals surface area (Å²) in [6.07, 6.45) is 7.20. The van der Waals surface area contributed by atoms with Crippen molar-refractivity contribution in [2.75, 3.05) is 17.6 Å². The van der Waals surface area contributed by atoms with Gasteiger partial charge < -0.3 is 5.32 Å². The lowest BCUT2D eigenvalue weighted by Crippen LogP contribution is -2.12. The minimum Gasteiger partial charge on any atom is -0.384 e. The van der Waals surface area contributed by atoms with Crippen molar-refractivity contribution in [1.29, 1.82) is 0 Å². The molecule has 0 heterocycles. The summed E-state index contributed by atoms with van der Waals surface area (Å²) in [4.78, 5) is 0. The average molecular weight is 314 g/mol. The van der Waals surface area contributed by atoms with Crippen molar-refractivity contribution in [2.45, 2.75) is 37.4 Å². The van der Waals surface area contributed by atoms with Crippen LogP contribution in [0.1, 0.15) is 32.1 Å². The highest BCUT2D eigenvalue weighted by Crippen LogP contribution is 2.27. The Hall–Kier alpha value is -0.150. The van der Waals surface area contributed by atoms with Crippen molar-refractivity contribution in [2.24, 2.45) is 0 Å². The van der Waals surface area contributed by atoms with E-state index in [0.29, 0.717) is 0 Å². The van der Waals surface area contributed by atoms with Crippen LogP contribution >= 0.6 is 27.7 Å². The van der Waals surface area contributed by atoms with Crippen LogP contribution in [-0.4, -0.2) is 17.5 Å². The zero-order valence-corrected chi connectivity index (χ0v) is 12.5. The zero-order chi connectivity index (χ0) is 11.9. The molecule has 1 saturated carbocycles. The summed E-state index contributed by atoms with van der Waals surface area (Å²) in [6, 6.07) is 8.40. The Kier molecular flexibility index (Phi) is 5.72. The number of benzene rings is 1. The first-order valence-electron chi connectivity index (χ1n) is 6.45. The van der Waals surface area contributed by atoms with Gasteiger partial charge in [0.15, 0.2) is 0 Å². The summed E-state index contributed by atoms with van der Waals surface area (Å²) in [5.74, 6) is 1.22. The van der Waals surface area contributed by atoms with E-state index in [4.69, 9.17) is 0 Å². The van der Waals surface area contributed by atoms with Crippen LogP contribution in [0.25, 0.3) is 0 Å². The lowest BCUT2D eigenvalue weighted by atomic mass is 10.0. The largest absolute Gasteiger partial charge is 0.384 e. The molecule has 1 aromatic rings. The van der Waals surface area contributed by atoms with E-state index < -0.39 is 0 Å². The summed E-state index contributed by atoms with van der Waals surface area (Å²) >= 11 is 5.60. The Bertz CT molecular complexity index is 319. The first-order valence-corrected chi connectivity index (χ1v) is 8.30. The van der Waals surface area contributed by atoms with Crippen LogP contribution in [0.3, 0.4) is 0 Å². The average Bonchev–Trinajstić information content (AvgIpc) is 2.38. The highest BCUT2D eigenvalue weighted by atomic mass is 79.9. The summed E-state index contributed by atoms with van der Waals surface area (Å²) in [6.45, 7) is 1.07. The van der Waals surface area contributed by atoms with Gasteiger partial charge >= 0.3 is 0 Å². The van der Waals surface area contributed by atoms with Crippen molar-refractivity contribution in [3.8, 4) is 0 Å². The molecule has 0 radical (unpaired) electrons. The second-order valence-corrected chi connectivity index (χ2v) is 6.89. The Morgan fingerprint density at radius 1 is 1.12 bits per heavy atom. The van der Waals surface area contributed by atoms with Gasteiger partial charge in [0, 0.05) is 27.7 Å². The molecular weight excluding hydrogens is 294 g/mol. The van der Waals surface area contributed by atoms with E-state index in [1.807, 2.05) is 0 Å². The van der Waals surface area contributed by atoms with E-state index in [9.17, 15) is 0 Å². The molecule has 3 heteroatoms. The molecule has 0 amide bonds. The molecule has 2 rings (SSSR count). The van der Waals surface area contributed by atoms with E-state index in [-0.39, 0.29) is 0 Å². The van der Waals surface area contributed by atoms with Gasteiger partial charge in [-0.1, -0.05) is 35.2 Å². The lowest BCUT2D eigenvalue weighted by molar-refractivity contribution is 0.516. The van der Waals surface area contributed by atoms with Crippen LogP contribution in [0, 0.1) is 0 Å². The number of thioether (sulfide) groups is 1. The maximum atomic E-state index is 3.47. The number of anilines is 1. The first-order chi connectivity index (χ1) is 8.34. The maximum Gasteiger partial charge on any atom is 0.0341 e. The van der Waals surface area contributed by atoms with Crippen LogP contribution < -0.4 is 5.32 Å². The fourth-order valence-corrected chi connectivity index (χ4v) is 3.70. The summed E-state index contributed by atoms with van der Waals surface area (Å²) < 4.78 is 1.14. The Morgan fingerprint density at radius 2 is 1.82 bits per heavy atom. The summed E-state index contributed by atoms with van der Waals surface area (Å²) in [5.41, 5.74) is 1.22. The third-order valence-electron chi connectivity index (χ3n) is 3.18. The van der Waals surface area contributed by atoms with Gasteiger partial charge in [0.1, 0.15) is 0 Å². The number of hydrogen-bond acceptors (Lipinski definition) is 2. The van der Waals surface area contributed by atoms with E-state index in [1.165, 1.54) is 43.5 Å². The van der Waals surface area contributed by atoms with Gasteiger partial charge in [0.05, 0.1) is 0 Å². The smallest absolute Gasteiger partial charge is 0.0341 e. The molecule has 0 atom stereocenters. The molecule has 1 fully saturated rings. The molecule has 0 spiro atoms. The first kappa shape index (κ1) is 13.3. The van der Waals surface area contributed by atoms with Crippen LogP contribution in [-0.2, 0) is 0 Å². The molecule has 94 valence electrons. The third kappa shape index (κ3) is 4.92. The van der Waals surface area contributed by atoms with Crippen LogP contribution in [0.2, 0.25) is 0 Å². The van der Waals surface area contributed by atoms with Crippen molar-refractivity contribution in [3.63, 3.8) is 0 Å². The fraction of sp³-hybridized carbons (Fsp3) is 0.571. The van der Waals surface area contributed by atoms with Crippen LogP contribution in [0.4, 0.5) is 5.69 Å². The minimum atomic E-state index is 0.926. The van der Waals surface area contributed by atoms with Crippen LogP contribution in [0.5, 0.6) is 0 Å². The Morgan fingerprint density at radius 3 is 2.53 bits per heavy atom. The Labute approximate surface area is 117 Å². The molecule has 17 heavy (non-hydrogen) atoms. The van der Waals surface area contributed by atoms with Crippen molar-refractivity contribution >= 4 is 33.4 Å².